The summed E-state index contributed by atoms with van der Waals surface area (Å²) >= 11 is 1.24. The molecule has 0 saturated carbocycles. The van der Waals surface area contributed by atoms with E-state index in [9.17, 15) is 22.4 Å². The van der Waals surface area contributed by atoms with Crippen molar-refractivity contribution in [2.75, 3.05) is 5.75 Å². The lowest BCUT2D eigenvalue weighted by molar-refractivity contribution is -0.140. The third-order valence-corrected chi connectivity index (χ3v) is 4.97. The molecule has 3 rings (SSSR count). The van der Waals surface area contributed by atoms with Gasteiger partial charge in [-0.05, 0) is 24.6 Å². The van der Waals surface area contributed by atoms with E-state index >= 15 is 0 Å². The van der Waals surface area contributed by atoms with Gasteiger partial charge in [-0.25, -0.2) is 4.39 Å². The monoisotopic (exact) mass is 371 g/mol. The van der Waals surface area contributed by atoms with Crippen molar-refractivity contribution in [3.8, 4) is 0 Å². The van der Waals surface area contributed by atoms with Crippen molar-refractivity contribution in [1.82, 2.24) is 14.9 Å². The maximum Gasteiger partial charge on any atom is 0.419 e. The minimum absolute atomic E-state index is 0.159. The standard InChI is InChI=1S/C16H13F4N3OS/c1-9-5-22-11(6-21-9)7-23-14(24)8-25-15(23)10-2-3-12(13(17)4-10)16(18,19)20/h2-6,15H,7-8H2,1H3. The van der Waals surface area contributed by atoms with Crippen LogP contribution in [0.25, 0.3) is 0 Å². The predicted molar refractivity (Wildman–Crippen MR) is 83.9 cm³/mol. The van der Waals surface area contributed by atoms with Crippen molar-refractivity contribution in [3.05, 3.63) is 58.9 Å². The van der Waals surface area contributed by atoms with Gasteiger partial charge in [0.05, 0.1) is 35.4 Å². The average molecular weight is 371 g/mol. The second kappa shape index (κ2) is 6.62. The van der Waals surface area contributed by atoms with Crippen LogP contribution in [0, 0.1) is 12.7 Å². The summed E-state index contributed by atoms with van der Waals surface area (Å²) in [5.41, 5.74) is 0.272. The molecule has 1 aliphatic rings. The molecule has 1 aromatic heterocycles. The molecule has 1 saturated heterocycles. The Morgan fingerprint density at radius 1 is 1.28 bits per heavy atom. The number of thioether (sulfide) groups is 1. The summed E-state index contributed by atoms with van der Waals surface area (Å²) in [5.74, 6) is -1.36. The number of aromatic nitrogens is 2. The molecule has 1 aliphatic heterocycles. The van der Waals surface area contributed by atoms with Gasteiger partial charge in [0.25, 0.3) is 0 Å². The van der Waals surface area contributed by atoms with Crippen LogP contribution in [-0.2, 0) is 17.5 Å². The van der Waals surface area contributed by atoms with Crippen molar-refractivity contribution >= 4 is 17.7 Å². The van der Waals surface area contributed by atoms with Gasteiger partial charge in [-0.1, -0.05) is 6.07 Å². The van der Waals surface area contributed by atoms with E-state index in [1.807, 2.05) is 0 Å². The summed E-state index contributed by atoms with van der Waals surface area (Å²) in [5, 5.41) is -0.563. The molecule has 0 aliphatic carbocycles. The number of nitrogens with zero attached hydrogens (tertiary/aromatic N) is 3. The fraction of sp³-hybridized carbons (Fsp3) is 0.312. The number of amides is 1. The minimum Gasteiger partial charge on any atom is -0.320 e. The Labute approximate surface area is 145 Å². The molecule has 0 radical (unpaired) electrons. The van der Waals surface area contributed by atoms with Crippen molar-refractivity contribution < 1.29 is 22.4 Å². The Morgan fingerprint density at radius 2 is 2.04 bits per heavy atom. The fourth-order valence-corrected chi connectivity index (χ4v) is 3.67. The van der Waals surface area contributed by atoms with E-state index in [1.165, 1.54) is 28.9 Å². The molecule has 0 spiro atoms. The zero-order chi connectivity index (χ0) is 18.2. The van der Waals surface area contributed by atoms with Gasteiger partial charge in [-0.2, -0.15) is 13.2 Å². The third kappa shape index (κ3) is 3.76. The number of benzene rings is 1. The number of carbonyl (C=O) groups excluding carboxylic acids is 1. The van der Waals surface area contributed by atoms with Gasteiger partial charge >= 0.3 is 6.18 Å². The van der Waals surface area contributed by atoms with Crippen molar-refractivity contribution in [3.63, 3.8) is 0 Å². The smallest absolute Gasteiger partial charge is 0.320 e. The molecule has 1 aromatic carbocycles. The zero-order valence-corrected chi connectivity index (χ0v) is 13.9. The number of hydrogen-bond acceptors (Lipinski definition) is 4. The number of alkyl halides is 3. The molecule has 25 heavy (non-hydrogen) atoms. The largest absolute Gasteiger partial charge is 0.419 e. The van der Waals surface area contributed by atoms with E-state index in [-0.39, 0.29) is 18.2 Å². The lowest BCUT2D eigenvalue weighted by Crippen LogP contribution is -2.28. The molecule has 1 atom stereocenters. The second-order valence-electron chi connectivity index (χ2n) is 5.57. The summed E-state index contributed by atoms with van der Waals surface area (Å²) in [6, 6.07) is 2.75. The summed E-state index contributed by atoms with van der Waals surface area (Å²) < 4.78 is 51.9. The van der Waals surface area contributed by atoms with Crippen LogP contribution in [-0.4, -0.2) is 26.5 Å². The molecule has 2 aromatic rings. The first-order chi connectivity index (χ1) is 11.8. The van der Waals surface area contributed by atoms with Gasteiger partial charge in [-0.3, -0.25) is 14.8 Å². The molecular formula is C16H13F4N3OS. The highest BCUT2D eigenvalue weighted by molar-refractivity contribution is 8.00. The Hall–Kier alpha value is -2.16. The lowest BCUT2D eigenvalue weighted by atomic mass is 10.1. The molecule has 4 nitrogen and oxygen atoms in total. The number of aryl methyl sites for hydroxylation is 1. The molecule has 1 unspecified atom stereocenters. The van der Waals surface area contributed by atoms with Crippen LogP contribution < -0.4 is 0 Å². The SMILES string of the molecule is Cc1cnc(CN2C(=O)CSC2c2ccc(C(F)(F)F)c(F)c2)cn1. The minimum atomic E-state index is -4.75. The van der Waals surface area contributed by atoms with Gasteiger partial charge < -0.3 is 4.90 Å². The van der Waals surface area contributed by atoms with Crippen LogP contribution in [0.15, 0.2) is 30.6 Å². The van der Waals surface area contributed by atoms with E-state index in [4.69, 9.17) is 0 Å². The summed E-state index contributed by atoms with van der Waals surface area (Å²) in [6.07, 6.45) is -1.65. The quantitative estimate of drug-likeness (QED) is 0.772. The molecule has 1 amide bonds. The second-order valence-corrected chi connectivity index (χ2v) is 6.64. The number of halogens is 4. The molecule has 0 bridgehead atoms. The lowest BCUT2D eigenvalue weighted by Gasteiger charge is -2.24. The van der Waals surface area contributed by atoms with Gasteiger partial charge in [0, 0.05) is 6.20 Å². The maximum atomic E-state index is 13.8. The highest BCUT2D eigenvalue weighted by Crippen LogP contribution is 2.41. The predicted octanol–water partition coefficient (Wildman–Crippen LogP) is 3.72. The topological polar surface area (TPSA) is 46.1 Å². The molecular weight excluding hydrogens is 358 g/mol. The van der Waals surface area contributed by atoms with Crippen LogP contribution >= 0.6 is 11.8 Å². The van der Waals surface area contributed by atoms with Crippen LogP contribution in [0.2, 0.25) is 0 Å². The van der Waals surface area contributed by atoms with Crippen LogP contribution in [0.1, 0.15) is 27.9 Å². The summed E-state index contributed by atoms with van der Waals surface area (Å²) in [6.45, 7) is 1.94. The van der Waals surface area contributed by atoms with E-state index in [0.29, 0.717) is 17.3 Å². The van der Waals surface area contributed by atoms with Crippen LogP contribution in [0.4, 0.5) is 17.6 Å². The first-order valence-corrected chi connectivity index (χ1v) is 8.36. The van der Waals surface area contributed by atoms with Gasteiger partial charge in [0.1, 0.15) is 11.2 Å². The first-order valence-electron chi connectivity index (χ1n) is 7.31. The van der Waals surface area contributed by atoms with Crippen molar-refractivity contribution in [1.29, 1.82) is 0 Å². The molecule has 132 valence electrons. The molecule has 2 heterocycles. The number of hydrogen-bond donors (Lipinski definition) is 0. The highest BCUT2D eigenvalue weighted by atomic mass is 32.2. The molecule has 1 fully saturated rings. The van der Waals surface area contributed by atoms with Crippen molar-refractivity contribution in [2.45, 2.75) is 25.0 Å². The number of rotatable bonds is 3. The Bertz CT molecular complexity index is 795. The zero-order valence-electron chi connectivity index (χ0n) is 13.0. The molecule has 9 heteroatoms. The Morgan fingerprint density at radius 3 is 2.64 bits per heavy atom. The summed E-state index contributed by atoms with van der Waals surface area (Å²) in [4.78, 5) is 21.9. The average Bonchev–Trinajstić information content (AvgIpc) is 2.89. The first kappa shape index (κ1) is 17.7. The fourth-order valence-electron chi connectivity index (χ4n) is 2.49. The van der Waals surface area contributed by atoms with Crippen LogP contribution in [0.5, 0.6) is 0 Å². The van der Waals surface area contributed by atoms with E-state index in [0.717, 1.165) is 11.8 Å². The van der Waals surface area contributed by atoms with Gasteiger partial charge in [0.15, 0.2) is 0 Å². The highest BCUT2D eigenvalue weighted by Gasteiger charge is 2.37. The van der Waals surface area contributed by atoms with Gasteiger partial charge in [0.2, 0.25) is 5.91 Å². The van der Waals surface area contributed by atoms with E-state index in [2.05, 4.69) is 9.97 Å². The van der Waals surface area contributed by atoms with Gasteiger partial charge in [-0.15, -0.1) is 11.8 Å². The Balaban J connectivity index is 1.86. The Kier molecular flexibility index (Phi) is 4.68. The van der Waals surface area contributed by atoms with Crippen LogP contribution in [0.3, 0.4) is 0 Å². The third-order valence-electron chi connectivity index (χ3n) is 3.72. The van der Waals surface area contributed by atoms with E-state index < -0.39 is 22.9 Å². The van der Waals surface area contributed by atoms with Crippen molar-refractivity contribution in [2.24, 2.45) is 0 Å². The normalized spacial score (nSPS) is 18.0. The van der Waals surface area contributed by atoms with E-state index in [1.54, 1.807) is 13.1 Å². The molecule has 0 N–H and O–H groups in total. The summed E-state index contributed by atoms with van der Waals surface area (Å²) in [7, 11) is 0. The number of carbonyl (C=O) groups is 1. The maximum absolute atomic E-state index is 13.8.